The lowest BCUT2D eigenvalue weighted by atomic mass is 9.83. The van der Waals surface area contributed by atoms with Crippen LogP contribution in [0.15, 0.2) is 0 Å². The van der Waals surface area contributed by atoms with Crippen molar-refractivity contribution in [1.82, 2.24) is 5.32 Å². The molecule has 0 aromatic rings. The summed E-state index contributed by atoms with van der Waals surface area (Å²) in [5.74, 6) is 1.06. The number of nitrogens with two attached hydrogens (primary N) is 1. The number of nitrogens with one attached hydrogen (secondary N) is 1. The summed E-state index contributed by atoms with van der Waals surface area (Å²) in [6, 6.07) is 0.487. The first-order valence-electron chi connectivity index (χ1n) is 6.55. The van der Waals surface area contributed by atoms with Crippen molar-refractivity contribution in [2.24, 2.45) is 17.6 Å². The van der Waals surface area contributed by atoms with Crippen molar-refractivity contribution in [3.63, 3.8) is 0 Å². The van der Waals surface area contributed by atoms with Gasteiger partial charge in [-0.3, -0.25) is 4.79 Å². The molecule has 17 heavy (non-hydrogen) atoms. The molecule has 0 saturated heterocycles. The first-order valence-corrected chi connectivity index (χ1v) is 6.55. The molecule has 3 unspecified atom stereocenters. The number of halogens is 1. The molecule has 1 saturated carbocycles. The maximum Gasteiger partial charge on any atom is 0.220 e. The standard InChI is InChI=1S/C13H26N2O.ClH/c1-9(2)10(3)15-13(16)8-11-6-4-5-7-12(11)14;/h9-12H,4-8,14H2,1-3H3,(H,15,16);1H. The summed E-state index contributed by atoms with van der Waals surface area (Å²) in [5, 5.41) is 3.05. The van der Waals surface area contributed by atoms with Gasteiger partial charge in [-0.2, -0.15) is 0 Å². The van der Waals surface area contributed by atoms with Gasteiger partial charge in [-0.05, 0) is 31.6 Å². The van der Waals surface area contributed by atoms with E-state index >= 15 is 0 Å². The Bertz CT molecular complexity index is 233. The Morgan fingerprint density at radius 1 is 1.29 bits per heavy atom. The van der Waals surface area contributed by atoms with Crippen molar-refractivity contribution in [3.05, 3.63) is 0 Å². The Morgan fingerprint density at radius 3 is 2.41 bits per heavy atom. The molecule has 1 aliphatic rings. The van der Waals surface area contributed by atoms with Crippen LogP contribution >= 0.6 is 12.4 Å². The van der Waals surface area contributed by atoms with E-state index in [1.807, 2.05) is 0 Å². The highest BCUT2D eigenvalue weighted by atomic mass is 35.5. The van der Waals surface area contributed by atoms with Gasteiger partial charge in [0.1, 0.15) is 0 Å². The van der Waals surface area contributed by atoms with Gasteiger partial charge >= 0.3 is 0 Å². The molecular formula is C13H27ClN2O. The molecule has 0 aromatic heterocycles. The van der Waals surface area contributed by atoms with Crippen LogP contribution in [0.25, 0.3) is 0 Å². The minimum atomic E-state index is 0. The van der Waals surface area contributed by atoms with Crippen molar-refractivity contribution in [3.8, 4) is 0 Å². The molecule has 0 aliphatic heterocycles. The van der Waals surface area contributed by atoms with E-state index in [1.165, 1.54) is 12.8 Å². The Labute approximate surface area is 111 Å². The molecule has 1 amide bonds. The van der Waals surface area contributed by atoms with Gasteiger partial charge in [0.2, 0.25) is 5.91 Å². The molecular weight excluding hydrogens is 236 g/mol. The highest BCUT2D eigenvalue weighted by Crippen LogP contribution is 2.25. The highest BCUT2D eigenvalue weighted by Gasteiger charge is 2.24. The number of hydrogen-bond donors (Lipinski definition) is 2. The van der Waals surface area contributed by atoms with E-state index in [-0.39, 0.29) is 30.4 Å². The minimum Gasteiger partial charge on any atom is -0.353 e. The fourth-order valence-corrected chi connectivity index (χ4v) is 2.21. The van der Waals surface area contributed by atoms with E-state index in [1.54, 1.807) is 0 Å². The lowest BCUT2D eigenvalue weighted by Crippen LogP contribution is -2.40. The smallest absolute Gasteiger partial charge is 0.220 e. The molecule has 0 heterocycles. The molecule has 0 bridgehead atoms. The summed E-state index contributed by atoms with van der Waals surface area (Å²) < 4.78 is 0. The van der Waals surface area contributed by atoms with Crippen molar-refractivity contribution in [2.75, 3.05) is 0 Å². The van der Waals surface area contributed by atoms with E-state index in [0.717, 1.165) is 12.8 Å². The fraction of sp³-hybridized carbons (Fsp3) is 0.923. The zero-order valence-corrected chi connectivity index (χ0v) is 12.1. The molecule has 1 aliphatic carbocycles. The van der Waals surface area contributed by atoms with Crippen LogP contribution in [0.2, 0.25) is 0 Å². The van der Waals surface area contributed by atoms with Crippen LogP contribution in [-0.4, -0.2) is 18.0 Å². The predicted molar refractivity (Wildman–Crippen MR) is 74.2 cm³/mol. The van der Waals surface area contributed by atoms with Crippen molar-refractivity contribution < 1.29 is 4.79 Å². The van der Waals surface area contributed by atoms with Gasteiger partial charge in [-0.15, -0.1) is 12.4 Å². The highest BCUT2D eigenvalue weighted by molar-refractivity contribution is 5.85. The van der Waals surface area contributed by atoms with Crippen LogP contribution in [0.5, 0.6) is 0 Å². The monoisotopic (exact) mass is 262 g/mol. The fourth-order valence-electron chi connectivity index (χ4n) is 2.21. The van der Waals surface area contributed by atoms with Crippen LogP contribution in [0.4, 0.5) is 0 Å². The maximum atomic E-state index is 11.8. The zero-order chi connectivity index (χ0) is 12.1. The molecule has 0 radical (unpaired) electrons. The molecule has 4 heteroatoms. The minimum absolute atomic E-state index is 0. The van der Waals surface area contributed by atoms with E-state index in [2.05, 4.69) is 26.1 Å². The molecule has 0 aromatic carbocycles. The first kappa shape index (κ1) is 16.7. The largest absolute Gasteiger partial charge is 0.353 e. The van der Waals surface area contributed by atoms with Crippen LogP contribution in [0.1, 0.15) is 52.9 Å². The summed E-state index contributed by atoms with van der Waals surface area (Å²) in [7, 11) is 0. The van der Waals surface area contributed by atoms with Gasteiger partial charge in [-0.1, -0.05) is 26.7 Å². The van der Waals surface area contributed by atoms with Gasteiger partial charge in [0.25, 0.3) is 0 Å². The molecule has 1 rings (SSSR count). The van der Waals surface area contributed by atoms with Gasteiger partial charge < -0.3 is 11.1 Å². The van der Waals surface area contributed by atoms with Gasteiger partial charge in [-0.25, -0.2) is 0 Å². The second kappa shape index (κ2) is 7.93. The normalized spacial score (nSPS) is 26.2. The van der Waals surface area contributed by atoms with Crippen LogP contribution in [0.3, 0.4) is 0 Å². The van der Waals surface area contributed by atoms with E-state index < -0.39 is 0 Å². The van der Waals surface area contributed by atoms with Crippen molar-refractivity contribution in [2.45, 2.75) is 65.0 Å². The molecule has 3 N–H and O–H groups in total. The van der Waals surface area contributed by atoms with Crippen molar-refractivity contribution in [1.29, 1.82) is 0 Å². The zero-order valence-electron chi connectivity index (χ0n) is 11.2. The molecule has 102 valence electrons. The Balaban J connectivity index is 0.00000256. The second-order valence-corrected chi connectivity index (χ2v) is 5.51. The Hall–Kier alpha value is -0.280. The van der Waals surface area contributed by atoms with Crippen LogP contribution < -0.4 is 11.1 Å². The van der Waals surface area contributed by atoms with Crippen LogP contribution in [0, 0.1) is 11.8 Å². The Kier molecular flexibility index (Phi) is 7.80. The van der Waals surface area contributed by atoms with E-state index in [9.17, 15) is 4.79 Å². The van der Waals surface area contributed by atoms with Gasteiger partial charge in [0.15, 0.2) is 0 Å². The molecule has 3 nitrogen and oxygen atoms in total. The predicted octanol–water partition coefficient (Wildman–Crippen LogP) is 2.48. The second-order valence-electron chi connectivity index (χ2n) is 5.51. The van der Waals surface area contributed by atoms with Gasteiger partial charge in [0.05, 0.1) is 0 Å². The number of carbonyl (C=O) groups excluding carboxylic acids is 1. The quantitative estimate of drug-likeness (QED) is 0.818. The lowest BCUT2D eigenvalue weighted by molar-refractivity contribution is -0.123. The topological polar surface area (TPSA) is 55.1 Å². The third-order valence-corrected chi connectivity index (χ3v) is 3.80. The summed E-state index contributed by atoms with van der Waals surface area (Å²) in [6.45, 7) is 6.30. The summed E-state index contributed by atoms with van der Waals surface area (Å²) in [6.07, 6.45) is 5.26. The SMILES string of the molecule is CC(C)C(C)NC(=O)CC1CCCCC1N.Cl. The third kappa shape index (κ3) is 5.73. The van der Waals surface area contributed by atoms with E-state index in [4.69, 9.17) is 5.73 Å². The average molecular weight is 263 g/mol. The number of carbonyl (C=O) groups is 1. The summed E-state index contributed by atoms with van der Waals surface area (Å²) >= 11 is 0. The lowest BCUT2D eigenvalue weighted by Gasteiger charge is -2.28. The third-order valence-electron chi connectivity index (χ3n) is 3.80. The molecule has 1 fully saturated rings. The molecule has 0 spiro atoms. The van der Waals surface area contributed by atoms with Crippen molar-refractivity contribution >= 4 is 18.3 Å². The summed E-state index contributed by atoms with van der Waals surface area (Å²) in [4.78, 5) is 11.8. The van der Waals surface area contributed by atoms with E-state index in [0.29, 0.717) is 18.3 Å². The first-order chi connectivity index (χ1) is 7.50. The number of amides is 1. The van der Waals surface area contributed by atoms with Crippen LogP contribution in [-0.2, 0) is 4.79 Å². The number of rotatable bonds is 4. The number of hydrogen-bond acceptors (Lipinski definition) is 2. The molecule has 3 atom stereocenters. The van der Waals surface area contributed by atoms with Gasteiger partial charge in [0, 0.05) is 18.5 Å². The summed E-state index contributed by atoms with van der Waals surface area (Å²) in [5.41, 5.74) is 6.04. The Morgan fingerprint density at radius 2 is 1.88 bits per heavy atom. The average Bonchev–Trinajstić information content (AvgIpc) is 2.21. The maximum absolute atomic E-state index is 11.8.